The Labute approximate surface area is 125 Å². The van der Waals surface area contributed by atoms with Crippen LogP contribution in [0.1, 0.15) is 42.7 Å². The van der Waals surface area contributed by atoms with Crippen LogP contribution in [-0.4, -0.2) is 23.1 Å². The van der Waals surface area contributed by atoms with Gasteiger partial charge in [0.1, 0.15) is 11.4 Å². The van der Waals surface area contributed by atoms with Crippen LogP contribution in [0.15, 0.2) is 18.2 Å². The molecule has 1 aliphatic carbocycles. The second-order valence-corrected chi connectivity index (χ2v) is 5.58. The molecule has 1 heterocycles. The molecule has 2 aromatic rings. The summed E-state index contributed by atoms with van der Waals surface area (Å²) in [5.41, 5.74) is 2.92. The molecule has 1 fully saturated rings. The Kier molecular flexibility index (Phi) is 3.62. The molecule has 0 unspecified atom stereocenters. The summed E-state index contributed by atoms with van der Waals surface area (Å²) in [5, 5.41) is 4.20. The van der Waals surface area contributed by atoms with Crippen molar-refractivity contribution in [2.75, 3.05) is 6.61 Å². The summed E-state index contributed by atoms with van der Waals surface area (Å²) < 4.78 is 7.67. The maximum Gasteiger partial charge on any atom is 0.268 e. The van der Waals surface area contributed by atoms with Gasteiger partial charge in [0.15, 0.2) is 0 Å². The van der Waals surface area contributed by atoms with E-state index < -0.39 is 0 Å². The highest BCUT2D eigenvalue weighted by Gasteiger charge is 2.27. The molecular weight excluding hydrogens is 264 g/mol. The van der Waals surface area contributed by atoms with Crippen molar-refractivity contribution >= 4 is 16.8 Å². The third-order valence-corrected chi connectivity index (χ3v) is 4.04. The van der Waals surface area contributed by atoms with Gasteiger partial charge in [-0.15, -0.1) is 0 Å². The van der Waals surface area contributed by atoms with Crippen molar-refractivity contribution in [1.82, 2.24) is 9.88 Å². The summed E-state index contributed by atoms with van der Waals surface area (Å²) in [6.45, 7) is 7.50. The number of rotatable bonds is 5. The Morgan fingerprint density at radius 3 is 2.76 bits per heavy atom. The first-order valence-electron chi connectivity index (χ1n) is 7.72. The van der Waals surface area contributed by atoms with E-state index in [1.165, 1.54) is 0 Å². The Hall–Kier alpha value is -1.97. The van der Waals surface area contributed by atoms with Gasteiger partial charge in [0.05, 0.1) is 6.61 Å². The van der Waals surface area contributed by atoms with E-state index in [9.17, 15) is 4.79 Å². The normalized spacial score (nSPS) is 14.4. The van der Waals surface area contributed by atoms with Gasteiger partial charge in [-0.2, -0.15) is 0 Å². The predicted octanol–water partition coefficient (Wildman–Crippen LogP) is 3.26. The molecule has 3 rings (SSSR count). The number of carbonyl (C=O) groups excluding carboxylic acids is 1. The molecule has 0 bridgehead atoms. The third-order valence-electron chi connectivity index (χ3n) is 4.04. The minimum Gasteiger partial charge on any atom is -0.494 e. The maximum absolute atomic E-state index is 12.5. The lowest BCUT2D eigenvalue weighted by Gasteiger charge is -2.09. The van der Waals surface area contributed by atoms with Gasteiger partial charge in [0.2, 0.25) is 0 Å². The average molecular weight is 286 g/mol. The van der Waals surface area contributed by atoms with Crippen molar-refractivity contribution in [3.8, 4) is 5.75 Å². The van der Waals surface area contributed by atoms with Gasteiger partial charge in [-0.3, -0.25) is 4.79 Å². The van der Waals surface area contributed by atoms with Gasteiger partial charge in [-0.05, 0) is 57.4 Å². The highest BCUT2D eigenvalue weighted by molar-refractivity contribution is 6.02. The number of amides is 1. The summed E-state index contributed by atoms with van der Waals surface area (Å²) in [6.07, 6.45) is 2.21. The Bertz CT molecular complexity index is 684. The largest absolute Gasteiger partial charge is 0.494 e. The lowest BCUT2D eigenvalue weighted by Crippen LogP contribution is -2.28. The van der Waals surface area contributed by atoms with Crippen LogP contribution in [-0.2, 0) is 6.54 Å². The number of fused-ring (bicyclic) bond motifs is 1. The molecule has 0 atom stereocenters. The summed E-state index contributed by atoms with van der Waals surface area (Å²) in [6, 6.07) is 6.43. The number of nitrogens with zero attached hydrogens (tertiary/aromatic N) is 1. The van der Waals surface area contributed by atoms with Crippen LogP contribution in [0.3, 0.4) is 0 Å². The van der Waals surface area contributed by atoms with E-state index in [1.54, 1.807) is 0 Å². The first kappa shape index (κ1) is 14.0. The van der Waals surface area contributed by atoms with Crippen LogP contribution in [0.25, 0.3) is 10.9 Å². The molecule has 0 aliphatic heterocycles. The van der Waals surface area contributed by atoms with Gasteiger partial charge >= 0.3 is 0 Å². The second kappa shape index (κ2) is 5.43. The number of carbonyl (C=O) groups is 1. The molecule has 1 N–H and O–H groups in total. The Morgan fingerprint density at radius 2 is 2.14 bits per heavy atom. The number of benzene rings is 1. The summed E-state index contributed by atoms with van der Waals surface area (Å²) >= 11 is 0. The van der Waals surface area contributed by atoms with Crippen molar-refractivity contribution in [2.45, 2.75) is 46.2 Å². The first-order chi connectivity index (χ1) is 10.2. The molecule has 1 amide bonds. The minimum absolute atomic E-state index is 0.0472. The fourth-order valence-corrected chi connectivity index (χ4v) is 2.86. The molecule has 4 nitrogen and oxygen atoms in total. The van der Waals surface area contributed by atoms with E-state index in [0.29, 0.717) is 12.6 Å². The number of aromatic nitrogens is 1. The zero-order chi connectivity index (χ0) is 15.0. The molecule has 4 heteroatoms. The molecule has 0 saturated heterocycles. The van der Waals surface area contributed by atoms with E-state index in [4.69, 9.17) is 4.74 Å². The number of nitrogens with one attached hydrogen (secondary N) is 1. The van der Waals surface area contributed by atoms with Crippen molar-refractivity contribution in [3.63, 3.8) is 0 Å². The number of aryl methyl sites for hydroxylation is 2. The lowest BCUT2D eigenvalue weighted by molar-refractivity contribution is 0.0941. The van der Waals surface area contributed by atoms with E-state index in [0.717, 1.165) is 47.3 Å². The van der Waals surface area contributed by atoms with E-state index in [2.05, 4.69) is 16.8 Å². The van der Waals surface area contributed by atoms with Crippen molar-refractivity contribution < 1.29 is 9.53 Å². The van der Waals surface area contributed by atoms with Crippen LogP contribution in [0.5, 0.6) is 5.75 Å². The summed E-state index contributed by atoms with van der Waals surface area (Å²) in [5.74, 6) is 0.904. The fraction of sp³-hybridized carbons (Fsp3) is 0.471. The number of hydrogen-bond donors (Lipinski definition) is 1. The second-order valence-electron chi connectivity index (χ2n) is 5.58. The van der Waals surface area contributed by atoms with E-state index >= 15 is 0 Å². The maximum atomic E-state index is 12.5. The number of ether oxygens (including phenoxy) is 1. The van der Waals surface area contributed by atoms with E-state index in [-0.39, 0.29) is 5.91 Å². The molecule has 1 aromatic heterocycles. The van der Waals surface area contributed by atoms with Crippen LogP contribution >= 0.6 is 0 Å². The van der Waals surface area contributed by atoms with Crippen LogP contribution in [0, 0.1) is 6.92 Å². The van der Waals surface area contributed by atoms with Crippen LogP contribution < -0.4 is 10.1 Å². The molecular formula is C17H22N2O2. The van der Waals surface area contributed by atoms with Crippen molar-refractivity contribution in [2.24, 2.45) is 0 Å². The van der Waals surface area contributed by atoms with Crippen molar-refractivity contribution in [1.29, 1.82) is 0 Å². The van der Waals surface area contributed by atoms with Gasteiger partial charge in [0.25, 0.3) is 5.91 Å². The molecule has 21 heavy (non-hydrogen) atoms. The highest BCUT2D eigenvalue weighted by atomic mass is 16.5. The standard InChI is InChI=1S/C17H22N2O2/c1-4-19-15-9-8-13(21-5-2)10-14(15)11(3)16(19)17(20)18-12-6-7-12/h8-10,12H,4-7H2,1-3H3,(H,18,20). The van der Waals surface area contributed by atoms with Gasteiger partial charge in [-0.1, -0.05) is 0 Å². The molecule has 1 aliphatic rings. The minimum atomic E-state index is 0.0472. The third kappa shape index (κ3) is 2.50. The fourth-order valence-electron chi connectivity index (χ4n) is 2.86. The predicted molar refractivity (Wildman–Crippen MR) is 84.0 cm³/mol. The van der Waals surface area contributed by atoms with E-state index in [1.807, 2.05) is 32.0 Å². The van der Waals surface area contributed by atoms with Crippen molar-refractivity contribution in [3.05, 3.63) is 29.5 Å². The van der Waals surface area contributed by atoms with Crippen LogP contribution in [0.2, 0.25) is 0 Å². The molecule has 112 valence electrons. The highest BCUT2D eigenvalue weighted by Crippen LogP contribution is 2.30. The topological polar surface area (TPSA) is 43.3 Å². The summed E-state index contributed by atoms with van der Waals surface area (Å²) in [4.78, 5) is 12.5. The SMILES string of the molecule is CCOc1ccc2c(c1)c(C)c(C(=O)NC1CC1)n2CC. The van der Waals surface area contributed by atoms with Gasteiger partial charge < -0.3 is 14.6 Å². The number of hydrogen-bond acceptors (Lipinski definition) is 2. The quantitative estimate of drug-likeness (QED) is 0.916. The average Bonchev–Trinajstić information content (AvgIpc) is 3.23. The Balaban J connectivity index is 2.09. The van der Waals surface area contributed by atoms with Gasteiger partial charge in [-0.25, -0.2) is 0 Å². The zero-order valence-electron chi connectivity index (χ0n) is 12.9. The summed E-state index contributed by atoms with van der Waals surface area (Å²) in [7, 11) is 0. The first-order valence-corrected chi connectivity index (χ1v) is 7.72. The zero-order valence-corrected chi connectivity index (χ0v) is 12.9. The smallest absolute Gasteiger partial charge is 0.268 e. The molecule has 1 saturated carbocycles. The Morgan fingerprint density at radius 1 is 1.38 bits per heavy atom. The van der Waals surface area contributed by atoms with Crippen LogP contribution in [0.4, 0.5) is 0 Å². The monoisotopic (exact) mass is 286 g/mol. The molecule has 0 spiro atoms. The molecule has 0 radical (unpaired) electrons. The lowest BCUT2D eigenvalue weighted by atomic mass is 10.1. The molecule has 1 aromatic carbocycles. The van der Waals surface area contributed by atoms with Gasteiger partial charge in [0, 0.05) is 23.5 Å².